The zero-order chi connectivity index (χ0) is 15.2. The number of halogens is 2. The van der Waals surface area contributed by atoms with Gasteiger partial charge in [0.1, 0.15) is 11.6 Å². The number of nitrogens with one attached hydrogen (secondary N) is 1. The summed E-state index contributed by atoms with van der Waals surface area (Å²) in [7, 11) is 0. The Labute approximate surface area is 123 Å². The number of carbonyl (C=O) groups is 1. The van der Waals surface area contributed by atoms with Crippen LogP contribution in [0.4, 0.5) is 4.39 Å². The summed E-state index contributed by atoms with van der Waals surface area (Å²) in [6.07, 6.45) is 1.48. The summed E-state index contributed by atoms with van der Waals surface area (Å²) < 4.78 is 18.2. The molecule has 4 nitrogen and oxygen atoms in total. The predicted octanol–water partition coefficient (Wildman–Crippen LogP) is 2.49. The van der Waals surface area contributed by atoms with Crippen molar-refractivity contribution in [3.8, 4) is 5.75 Å². The van der Waals surface area contributed by atoms with Gasteiger partial charge in [-0.2, -0.15) is 0 Å². The molecule has 0 spiro atoms. The molecule has 0 radical (unpaired) electrons. The quantitative estimate of drug-likeness (QED) is 0.813. The van der Waals surface area contributed by atoms with Gasteiger partial charge >= 0.3 is 0 Å². The highest BCUT2D eigenvalue weighted by atomic mass is 35.5. The Balaban J connectivity index is 2.59. The van der Waals surface area contributed by atoms with E-state index in [1.165, 1.54) is 12.1 Å². The van der Waals surface area contributed by atoms with Crippen LogP contribution >= 0.6 is 11.6 Å². The van der Waals surface area contributed by atoms with Gasteiger partial charge in [0, 0.05) is 6.54 Å². The van der Waals surface area contributed by atoms with E-state index in [2.05, 4.69) is 5.32 Å². The van der Waals surface area contributed by atoms with Crippen molar-refractivity contribution in [1.82, 2.24) is 5.32 Å². The van der Waals surface area contributed by atoms with E-state index in [1.807, 2.05) is 13.8 Å². The number of carbonyl (C=O) groups excluding carboxylic acids is 1. The highest BCUT2D eigenvalue weighted by Gasteiger charge is 2.26. The lowest BCUT2D eigenvalue weighted by atomic mass is 9.93. The Kier molecular flexibility index (Phi) is 6.23. The summed E-state index contributed by atoms with van der Waals surface area (Å²) in [5.41, 5.74) is 5.30. The average molecular weight is 303 g/mol. The van der Waals surface area contributed by atoms with Crippen molar-refractivity contribution in [1.29, 1.82) is 0 Å². The summed E-state index contributed by atoms with van der Waals surface area (Å²) >= 11 is 5.81. The number of rotatable bonds is 7. The molecule has 0 fully saturated rings. The van der Waals surface area contributed by atoms with Crippen LogP contribution in [0.5, 0.6) is 5.75 Å². The average Bonchev–Trinajstić information content (AvgIpc) is 2.44. The molecular weight excluding hydrogens is 283 g/mol. The van der Waals surface area contributed by atoms with Crippen LogP contribution in [0, 0.1) is 5.82 Å². The molecule has 1 rings (SSSR count). The zero-order valence-electron chi connectivity index (χ0n) is 11.7. The fourth-order valence-corrected chi connectivity index (χ4v) is 2.06. The number of amides is 1. The number of ether oxygens (including phenoxy) is 1. The van der Waals surface area contributed by atoms with Crippen molar-refractivity contribution in [3.63, 3.8) is 0 Å². The maximum atomic E-state index is 12.9. The molecule has 0 atom stereocenters. The Morgan fingerprint density at radius 1 is 1.45 bits per heavy atom. The van der Waals surface area contributed by atoms with E-state index < -0.39 is 11.4 Å². The minimum atomic E-state index is -0.453. The second-order valence-corrected chi connectivity index (χ2v) is 5.01. The molecule has 0 saturated heterocycles. The minimum Gasteiger partial charge on any atom is -0.482 e. The van der Waals surface area contributed by atoms with Crippen molar-refractivity contribution >= 4 is 17.5 Å². The van der Waals surface area contributed by atoms with Crippen LogP contribution in [0.1, 0.15) is 26.7 Å². The summed E-state index contributed by atoms with van der Waals surface area (Å²) in [5, 5.41) is 3.01. The van der Waals surface area contributed by atoms with Crippen molar-refractivity contribution in [2.75, 3.05) is 13.2 Å². The third-order valence-corrected chi connectivity index (χ3v) is 3.70. The molecule has 1 amide bonds. The van der Waals surface area contributed by atoms with E-state index in [1.54, 1.807) is 0 Å². The van der Waals surface area contributed by atoms with Gasteiger partial charge in [-0.15, -0.1) is 0 Å². The van der Waals surface area contributed by atoms with Crippen LogP contribution in [0.15, 0.2) is 18.2 Å². The third-order valence-electron chi connectivity index (χ3n) is 3.40. The van der Waals surface area contributed by atoms with Gasteiger partial charge < -0.3 is 15.8 Å². The molecule has 3 N–H and O–H groups in total. The highest BCUT2D eigenvalue weighted by molar-refractivity contribution is 6.32. The standard InChI is InChI=1S/C14H20ClFN2O2/c1-3-14(4-2,9-17)18-13(19)8-20-12-6-5-10(16)7-11(12)15/h5-7H,3-4,8-9,17H2,1-2H3,(H,18,19). The first-order valence-corrected chi connectivity index (χ1v) is 6.93. The third kappa shape index (κ3) is 4.35. The van der Waals surface area contributed by atoms with Gasteiger partial charge in [0.05, 0.1) is 10.6 Å². The first-order chi connectivity index (χ1) is 9.46. The number of hydrogen-bond donors (Lipinski definition) is 2. The minimum absolute atomic E-state index is 0.133. The molecule has 0 unspecified atom stereocenters. The van der Waals surface area contributed by atoms with Crippen molar-refractivity contribution in [3.05, 3.63) is 29.0 Å². The van der Waals surface area contributed by atoms with E-state index in [-0.39, 0.29) is 23.3 Å². The fraction of sp³-hybridized carbons (Fsp3) is 0.500. The SMILES string of the molecule is CCC(CC)(CN)NC(=O)COc1ccc(F)cc1Cl. The van der Waals surface area contributed by atoms with Crippen molar-refractivity contribution in [2.45, 2.75) is 32.2 Å². The molecule has 20 heavy (non-hydrogen) atoms. The first kappa shape index (κ1) is 16.7. The second-order valence-electron chi connectivity index (χ2n) is 4.60. The topological polar surface area (TPSA) is 64.3 Å². The van der Waals surface area contributed by atoms with E-state index in [0.717, 1.165) is 18.9 Å². The van der Waals surface area contributed by atoms with Gasteiger partial charge in [0.25, 0.3) is 5.91 Å². The molecule has 0 heterocycles. The molecule has 0 saturated carbocycles. The Morgan fingerprint density at radius 3 is 2.60 bits per heavy atom. The van der Waals surface area contributed by atoms with Crippen molar-refractivity contribution < 1.29 is 13.9 Å². The first-order valence-electron chi connectivity index (χ1n) is 6.55. The van der Waals surface area contributed by atoms with E-state index in [4.69, 9.17) is 22.1 Å². The van der Waals surface area contributed by atoms with Crippen LogP contribution < -0.4 is 15.8 Å². The summed E-state index contributed by atoms with van der Waals surface area (Å²) in [6.45, 7) is 4.11. The van der Waals surface area contributed by atoms with Gasteiger partial charge in [-0.05, 0) is 31.0 Å². The molecular formula is C14H20ClFN2O2. The largest absolute Gasteiger partial charge is 0.482 e. The van der Waals surface area contributed by atoms with E-state index in [9.17, 15) is 9.18 Å². The molecule has 0 aromatic heterocycles. The van der Waals surface area contributed by atoms with Crippen LogP contribution in [0.2, 0.25) is 5.02 Å². The van der Waals surface area contributed by atoms with Crippen LogP contribution in [-0.2, 0) is 4.79 Å². The van der Waals surface area contributed by atoms with Crippen LogP contribution in [0.3, 0.4) is 0 Å². The van der Waals surface area contributed by atoms with Crippen LogP contribution in [-0.4, -0.2) is 24.6 Å². The molecule has 0 aliphatic rings. The number of benzene rings is 1. The summed E-state index contributed by atoms with van der Waals surface area (Å²) in [5.74, 6) is -0.458. The summed E-state index contributed by atoms with van der Waals surface area (Å²) in [6, 6.07) is 3.75. The monoisotopic (exact) mass is 302 g/mol. The smallest absolute Gasteiger partial charge is 0.258 e. The highest BCUT2D eigenvalue weighted by Crippen LogP contribution is 2.24. The molecule has 6 heteroatoms. The van der Waals surface area contributed by atoms with E-state index in [0.29, 0.717) is 6.54 Å². The normalized spacial score (nSPS) is 11.2. The fourth-order valence-electron chi connectivity index (χ4n) is 1.83. The second kappa shape index (κ2) is 7.45. The van der Waals surface area contributed by atoms with Gasteiger partial charge in [-0.3, -0.25) is 4.79 Å². The van der Waals surface area contributed by atoms with Gasteiger partial charge in [0.2, 0.25) is 0 Å². The number of nitrogens with two attached hydrogens (primary N) is 1. The van der Waals surface area contributed by atoms with Crippen LogP contribution in [0.25, 0.3) is 0 Å². The zero-order valence-corrected chi connectivity index (χ0v) is 12.5. The maximum Gasteiger partial charge on any atom is 0.258 e. The Hall–Kier alpha value is -1.33. The molecule has 0 bridgehead atoms. The predicted molar refractivity (Wildman–Crippen MR) is 77.4 cm³/mol. The number of hydrogen-bond acceptors (Lipinski definition) is 3. The molecule has 1 aromatic carbocycles. The molecule has 1 aromatic rings. The Bertz CT molecular complexity index is 456. The van der Waals surface area contributed by atoms with Crippen molar-refractivity contribution in [2.24, 2.45) is 5.73 Å². The van der Waals surface area contributed by atoms with Gasteiger partial charge in [-0.1, -0.05) is 25.4 Å². The molecule has 0 aliphatic carbocycles. The summed E-state index contributed by atoms with van der Waals surface area (Å²) in [4.78, 5) is 11.9. The Morgan fingerprint density at radius 2 is 2.10 bits per heavy atom. The molecule has 0 aliphatic heterocycles. The lowest BCUT2D eigenvalue weighted by Crippen LogP contribution is -2.54. The lowest BCUT2D eigenvalue weighted by molar-refractivity contribution is -0.125. The van der Waals surface area contributed by atoms with Gasteiger partial charge in [0.15, 0.2) is 6.61 Å². The molecule has 112 valence electrons. The lowest BCUT2D eigenvalue weighted by Gasteiger charge is -2.31. The van der Waals surface area contributed by atoms with Gasteiger partial charge in [-0.25, -0.2) is 4.39 Å². The van der Waals surface area contributed by atoms with E-state index >= 15 is 0 Å². The maximum absolute atomic E-state index is 12.9.